The maximum atomic E-state index is 11.8. The summed E-state index contributed by atoms with van der Waals surface area (Å²) in [4.78, 5) is 24.3. The quantitative estimate of drug-likeness (QED) is 0.604. The number of hydrogen-bond donors (Lipinski definition) is 0. The van der Waals surface area contributed by atoms with E-state index < -0.39 is 5.97 Å². The van der Waals surface area contributed by atoms with Crippen molar-refractivity contribution in [3.05, 3.63) is 29.3 Å². The Morgan fingerprint density at radius 2 is 2.21 bits per heavy atom. The molecule has 1 aromatic carbocycles. The number of nitrogens with zero attached hydrogens (tertiary/aromatic N) is 1. The number of ether oxygens (including phenoxy) is 2. The second-order valence-electron chi connectivity index (χ2n) is 4.54. The van der Waals surface area contributed by atoms with Crippen molar-refractivity contribution in [3.63, 3.8) is 0 Å². The van der Waals surface area contributed by atoms with E-state index in [1.54, 1.807) is 7.05 Å². The van der Waals surface area contributed by atoms with Crippen LogP contribution in [-0.4, -0.2) is 37.5 Å². The number of benzene rings is 1. The molecule has 0 aliphatic carbocycles. The molecule has 5 nitrogen and oxygen atoms in total. The number of fused-ring (bicyclic) bond motifs is 1. The highest BCUT2D eigenvalue weighted by molar-refractivity contribution is 5.94. The molecule has 0 fully saturated rings. The van der Waals surface area contributed by atoms with Crippen molar-refractivity contribution >= 4 is 11.9 Å². The van der Waals surface area contributed by atoms with Crippen molar-refractivity contribution in [2.45, 2.75) is 19.4 Å². The van der Waals surface area contributed by atoms with Gasteiger partial charge in [-0.3, -0.25) is 9.59 Å². The summed E-state index contributed by atoms with van der Waals surface area (Å²) >= 11 is 0. The summed E-state index contributed by atoms with van der Waals surface area (Å²) in [6.07, 6.45) is 0.685. The molecule has 0 unspecified atom stereocenters. The van der Waals surface area contributed by atoms with E-state index in [1.165, 1.54) is 17.6 Å². The molecule has 0 aromatic heterocycles. The third-order valence-electron chi connectivity index (χ3n) is 3.12. The van der Waals surface area contributed by atoms with Gasteiger partial charge in [-0.05, 0) is 17.2 Å². The van der Waals surface area contributed by atoms with Crippen LogP contribution >= 0.6 is 0 Å². The Labute approximate surface area is 112 Å². The molecule has 0 saturated carbocycles. The topological polar surface area (TPSA) is 55.8 Å². The molecule has 2 rings (SSSR count). The molecule has 0 atom stereocenters. The average Bonchev–Trinajstić information content (AvgIpc) is 2.85. The number of carbonyl (C=O) groups excluding carboxylic acids is 2. The lowest BCUT2D eigenvalue weighted by atomic mass is 10.1. The largest absolute Gasteiger partial charge is 0.493 e. The van der Waals surface area contributed by atoms with Crippen molar-refractivity contribution in [2.24, 2.45) is 0 Å². The van der Waals surface area contributed by atoms with Gasteiger partial charge in [0.25, 0.3) is 0 Å². The first-order chi connectivity index (χ1) is 9.10. The van der Waals surface area contributed by atoms with Crippen LogP contribution in [0.15, 0.2) is 18.2 Å². The highest BCUT2D eigenvalue weighted by atomic mass is 16.5. The normalized spacial score (nSPS) is 12.5. The molecule has 102 valence electrons. The third-order valence-corrected chi connectivity index (χ3v) is 3.12. The van der Waals surface area contributed by atoms with Crippen LogP contribution in [-0.2, 0) is 27.3 Å². The number of esters is 1. The Hall–Kier alpha value is -2.04. The van der Waals surface area contributed by atoms with E-state index in [9.17, 15) is 9.59 Å². The molecule has 19 heavy (non-hydrogen) atoms. The minimum atomic E-state index is -0.515. The molecule has 1 heterocycles. The first-order valence-corrected chi connectivity index (χ1v) is 6.15. The summed E-state index contributed by atoms with van der Waals surface area (Å²) in [6.45, 7) is 1.19. The van der Waals surface area contributed by atoms with Crippen LogP contribution in [0.1, 0.15) is 17.5 Å². The van der Waals surface area contributed by atoms with Gasteiger partial charge in [0.05, 0.1) is 13.7 Å². The van der Waals surface area contributed by atoms with Crippen LogP contribution in [0.3, 0.4) is 0 Å². The lowest BCUT2D eigenvalue weighted by molar-refractivity contribution is -0.146. The number of amides is 1. The lowest BCUT2D eigenvalue weighted by Gasteiger charge is -2.17. The van der Waals surface area contributed by atoms with Crippen molar-refractivity contribution in [1.82, 2.24) is 4.90 Å². The van der Waals surface area contributed by atoms with Gasteiger partial charge in [-0.1, -0.05) is 12.1 Å². The fraction of sp³-hybridized carbons (Fsp3) is 0.429. The first-order valence-electron chi connectivity index (χ1n) is 6.15. The molecular formula is C14H17NO4. The molecule has 1 aliphatic rings. The third kappa shape index (κ3) is 3.24. The Balaban J connectivity index is 1.97. The number of hydrogen-bond acceptors (Lipinski definition) is 4. The highest BCUT2D eigenvalue weighted by Gasteiger charge is 2.16. The summed E-state index contributed by atoms with van der Waals surface area (Å²) in [7, 11) is 2.95. The summed E-state index contributed by atoms with van der Waals surface area (Å²) in [6, 6.07) is 5.91. The van der Waals surface area contributed by atoms with Crippen LogP contribution in [0.4, 0.5) is 0 Å². The molecule has 0 bridgehead atoms. The summed E-state index contributed by atoms with van der Waals surface area (Å²) in [5.41, 5.74) is 2.20. The lowest BCUT2D eigenvalue weighted by Crippen LogP contribution is -2.28. The molecule has 1 amide bonds. The van der Waals surface area contributed by atoms with E-state index in [2.05, 4.69) is 4.74 Å². The Morgan fingerprint density at radius 3 is 2.95 bits per heavy atom. The molecule has 1 aromatic rings. The van der Waals surface area contributed by atoms with E-state index in [-0.39, 0.29) is 12.3 Å². The second-order valence-corrected chi connectivity index (χ2v) is 4.54. The zero-order valence-corrected chi connectivity index (χ0v) is 11.1. The fourth-order valence-electron chi connectivity index (χ4n) is 2.03. The van der Waals surface area contributed by atoms with Gasteiger partial charge in [0.1, 0.15) is 12.2 Å². The predicted molar refractivity (Wildman–Crippen MR) is 68.7 cm³/mol. The standard InChI is InChI=1S/C14H17NO4/c1-15(13(16)8-14(17)18-2)9-10-3-4-12-11(7-10)5-6-19-12/h3-4,7H,5-6,8-9H2,1-2H3. The number of methoxy groups -OCH3 is 1. The van der Waals surface area contributed by atoms with Crippen LogP contribution in [0.2, 0.25) is 0 Å². The van der Waals surface area contributed by atoms with Gasteiger partial charge in [0.2, 0.25) is 5.91 Å². The number of carbonyl (C=O) groups is 2. The highest BCUT2D eigenvalue weighted by Crippen LogP contribution is 2.26. The second kappa shape index (κ2) is 5.73. The summed E-state index contributed by atoms with van der Waals surface area (Å²) in [5, 5.41) is 0. The Bertz CT molecular complexity index is 498. The molecular weight excluding hydrogens is 246 g/mol. The minimum Gasteiger partial charge on any atom is -0.493 e. The van der Waals surface area contributed by atoms with Crippen LogP contribution in [0.5, 0.6) is 5.75 Å². The Kier molecular flexibility index (Phi) is 4.04. The van der Waals surface area contributed by atoms with Gasteiger partial charge in [-0.2, -0.15) is 0 Å². The number of rotatable bonds is 4. The van der Waals surface area contributed by atoms with Crippen LogP contribution in [0, 0.1) is 0 Å². The maximum absolute atomic E-state index is 11.8. The summed E-state index contributed by atoms with van der Waals surface area (Å²) in [5.74, 6) is 0.162. The average molecular weight is 263 g/mol. The zero-order chi connectivity index (χ0) is 13.8. The van der Waals surface area contributed by atoms with Crippen LogP contribution in [0.25, 0.3) is 0 Å². The van der Waals surface area contributed by atoms with Gasteiger partial charge in [0, 0.05) is 20.0 Å². The molecule has 0 spiro atoms. The van der Waals surface area contributed by atoms with E-state index in [0.717, 1.165) is 24.3 Å². The van der Waals surface area contributed by atoms with Crippen molar-refractivity contribution in [2.75, 3.05) is 20.8 Å². The van der Waals surface area contributed by atoms with Gasteiger partial charge < -0.3 is 14.4 Å². The van der Waals surface area contributed by atoms with Gasteiger partial charge in [-0.25, -0.2) is 0 Å². The molecule has 0 N–H and O–H groups in total. The van der Waals surface area contributed by atoms with E-state index in [0.29, 0.717) is 6.54 Å². The fourth-order valence-corrected chi connectivity index (χ4v) is 2.03. The van der Waals surface area contributed by atoms with Gasteiger partial charge in [0.15, 0.2) is 0 Å². The first kappa shape index (κ1) is 13.4. The van der Waals surface area contributed by atoms with E-state index in [1.807, 2.05) is 18.2 Å². The SMILES string of the molecule is COC(=O)CC(=O)N(C)Cc1ccc2c(c1)CCO2. The van der Waals surface area contributed by atoms with E-state index in [4.69, 9.17) is 4.74 Å². The van der Waals surface area contributed by atoms with E-state index >= 15 is 0 Å². The smallest absolute Gasteiger partial charge is 0.315 e. The van der Waals surface area contributed by atoms with Gasteiger partial charge >= 0.3 is 5.97 Å². The molecule has 5 heteroatoms. The Morgan fingerprint density at radius 1 is 1.42 bits per heavy atom. The predicted octanol–water partition coefficient (Wildman–Crippen LogP) is 1.14. The molecule has 1 aliphatic heterocycles. The monoisotopic (exact) mass is 263 g/mol. The van der Waals surface area contributed by atoms with Crippen molar-refractivity contribution < 1.29 is 19.1 Å². The minimum absolute atomic E-state index is 0.221. The summed E-state index contributed by atoms with van der Waals surface area (Å²) < 4.78 is 9.91. The van der Waals surface area contributed by atoms with Crippen LogP contribution < -0.4 is 4.74 Å². The molecule has 0 radical (unpaired) electrons. The van der Waals surface area contributed by atoms with Crippen molar-refractivity contribution in [1.29, 1.82) is 0 Å². The maximum Gasteiger partial charge on any atom is 0.315 e. The molecule has 0 saturated heterocycles. The van der Waals surface area contributed by atoms with Crippen molar-refractivity contribution in [3.8, 4) is 5.75 Å². The van der Waals surface area contributed by atoms with Gasteiger partial charge in [-0.15, -0.1) is 0 Å². The zero-order valence-electron chi connectivity index (χ0n) is 11.1.